The predicted octanol–water partition coefficient (Wildman–Crippen LogP) is 3.40. The molecule has 1 unspecified atom stereocenters. The van der Waals surface area contributed by atoms with Crippen molar-refractivity contribution in [1.29, 1.82) is 0 Å². The second-order valence-electron chi connectivity index (χ2n) is 4.68. The molecule has 1 atom stereocenters. The molecule has 0 saturated carbocycles. The van der Waals surface area contributed by atoms with Crippen molar-refractivity contribution in [2.75, 3.05) is 0 Å². The summed E-state index contributed by atoms with van der Waals surface area (Å²) < 4.78 is 1.06. The number of carbonyl (C=O) groups is 1. The first-order chi connectivity index (χ1) is 9.58. The van der Waals surface area contributed by atoms with Crippen LogP contribution in [0.15, 0.2) is 53.0 Å². The highest BCUT2D eigenvalue weighted by atomic mass is 79.9. The van der Waals surface area contributed by atoms with Crippen LogP contribution in [-0.4, -0.2) is 5.91 Å². The summed E-state index contributed by atoms with van der Waals surface area (Å²) in [6.07, 6.45) is 0. The maximum Gasteiger partial charge on any atom is 0.249 e. The number of amides is 1. The van der Waals surface area contributed by atoms with Gasteiger partial charge in [0.25, 0.3) is 0 Å². The monoisotopic (exact) mass is 332 g/mol. The molecule has 0 heterocycles. The summed E-state index contributed by atoms with van der Waals surface area (Å²) in [4.78, 5) is 11.4. The quantitative estimate of drug-likeness (QED) is 0.881. The lowest BCUT2D eigenvalue weighted by Crippen LogP contribution is -2.21. The van der Waals surface area contributed by atoms with Gasteiger partial charge in [-0.15, -0.1) is 0 Å². The third-order valence-electron chi connectivity index (χ3n) is 3.23. The molecule has 2 rings (SSSR count). The van der Waals surface area contributed by atoms with Crippen LogP contribution < -0.4 is 11.1 Å². The van der Waals surface area contributed by atoms with Crippen molar-refractivity contribution in [2.45, 2.75) is 19.5 Å². The van der Waals surface area contributed by atoms with Crippen LogP contribution >= 0.6 is 15.9 Å². The van der Waals surface area contributed by atoms with Crippen LogP contribution in [0.5, 0.6) is 0 Å². The van der Waals surface area contributed by atoms with Crippen molar-refractivity contribution in [2.24, 2.45) is 5.73 Å². The van der Waals surface area contributed by atoms with Gasteiger partial charge in [0.1, 0.15) is 0 Å². The summed E-state index contributed by atoms with van der Waals surface area (Å²) in [6.45, 7) is 2.70. The standard InChI is InChI=1S/C16H17BrN2O/c1-11(12-6-4-7-14(17)9-12)19-10-13-5-2-3-8-15(13)16(18)20/h2-9,11,19H,10H2,1H3,(H2,18,20). The third kappa shape index (κ3) is 3.68. The Morgan fingerprint density at radius 1 is 1.25 bits per heavy atom. The highest BCUT2D eigenvalue weighted by Gasteiger charge is 2.09. The largest absolute Gasteiger partial charge is 0.366 e. The average molecular weight is 333 g/mol. The minimum absolute atomic E-state index is 0.188. The summed E-state index contributed by atoms with van der Waals surface area (Å²) in [5, 5.41) is 3.41. The van der Waals surface area contributed by atoms with E-state index in [1.165, 1.54) is 5.56 Å². The zero-order valence-electron chi connectivity index (χ0n) is 11.3. The molecular weight excluding hydrogens is 316 g/mol. The van der Waals surface area contributed by atoms with Crippen LogP contribution in [0.25, 0.3) is 0 Å². The van der Waals surface area contributed by atoms with Gasteiger partial charge in [-0.2, -0.15) is 0 Å². The minimum atomic E-state index is -0.391. The number of halogens is 1. The summed E-state index contributed by atoms with van der Waals surface area (Å²) >= 11 is 3.47. The first kappa shape index (κ1) is 14.8. The molecule has 2 aromatic rings. The fourth-order valence-corrected chi connectivity index (χ4v) is 2.49. The van der Waals surface area contributed by atoms with Crippen molar-refractivity contribution in [3.63, 3.8) is 0 Å². The Morgan fingerprint density at radius 2 is 2.00 bits per heavy atom. The van der Waals surface area contributed by atoms with E-state index in [2.05, 4.69) is 40.3 Å². The number of carbonyl (C=O) groups excluding carboxylic acids is 1. The van der Waals surface area contributed by atoms with Gasteiger partial charge in [0.2, 0.25) is 5.91 Å². The van der Waals surface area contributed by atoms with Crippen molar-refractivity contribution in [3.8, 4) is 0 Å². The zero-order chi connectivity index (χ0) is 14.5. The molecule has 0 aliphatic heterocycles. The average Bonchev–Trinajstić information content (AvgIpc) is 2.45. The number of rotatable bonds is 5. The minimum Gasteiger partial charge on any atom is -0.366 e. The van der Waals surface area contributed by atoms with E-state index in [0.717, 1.165) is 10.0 Å². The van der Waals surface area contributed by atoms with Crippen molar-refractivity contribution in [3.05, 3.63) is 69.7 Å². The molecule has 0 fully saturated rings. The van der Waals surface area contributed by atoms with Crippen LogP contribution in [-0.2, 0) is 6.54 Å². The molecule has 20 heavy (non-hydrogen) atoms. The number of hydrogen-bond acceptors (Lipinski definition) is 2. The Kier molecular flexibility index (Phi) is 4.93. The molecule has 3 nitrogen and oxygen atoms in total. The Balaban J connectivity index is 2.07. The topological polar surface area (TPSA) is 55.1 Å². The number of hydrogen-bond donors (Lipinski definition) is 2. The maximum absolute atomic E-state index is 11.4. The van der Waals surface area contributed by atoms with Crippen LogP contribution in [0.1, 0.15) is 34.5 Å². The van der Waals surface area contributed by atoms with Gasteiger partial charge in [0.15, 0.2) is 0 Å². The van der Waals surface area contributed by atoms with Gasteiger partial charge in [0.05, 0.1) is 0 Å². The molecule has 0 radical (unpaired) electrons. The van der Waals surface area contributed by atoms with Gasteiger partial charge in [-0.3, -0.25) is 4.79 Å². The molecule has 0 saturated heterocycles. The highest BCUT2D eigenvalue weighted by Crippen LogP contribution is 2.18. The molecule has 2 aromatic carbocycles. The van der Waals surface area contributed by atoms with Crippen molar-refractivity contribution in [1.82, 2.24) is 5.32 Å². The molecule has 0 spiro atoms. The maximum atomic E-state index is 11.4. The zero-order valence-corrected chi connectivity index (χ0v) is 12.9. The summed E-state index contributed by atoms with van der Waals surface area (Å²) in [7, 11) is 0. The second-order valence-corrected chi connectivity index (χ2v) is 5.59. The smallest absolute Gasteiger partial charge is 0.249 e. The van der Waals surface area contributed by atoms with E-state index in [9.17, 15) is 4.79 Å². The summed E-state index contributed by atoms with van der Waals surface area (Å²) in [5.74, 6) is -0.391. The van der Waals surface area contributed by atoms with Gasteiger partial charge in [-0.1, -0.05) is 46.3 Å². The number of nitrogens with one attached hydrogen (secondary N) is 1. The fraction of sp³-hybridized carbons (Fsp3) is 0.188. The Morgan fingerprint density at radius 3 is 2.70 bits per heavy atom. The van der Waals surface area contributed by atoms with Gasteiger partial charge in [-0.25, -0.2) is 0 Å². The van der Waals surface area contributed by atoms with E-state index in [0.29, 0.717) is 12.1 Å². The van der Waals surface area contributed by atoms with Gasteiger partial charge in [-0.05, 0) is 36.2 Å². The fourth-order valence-electron chi connectivity index (χ4n) is 2.07. The first-order valence-electron chi connectivity index (χ1n) is 6.44. The Hall–Kier alpha value is -1.65. The number of benzene rings is 2. The molecule has 4 heteroatoms. The molecule has 3 N–H and O–H groups in total. The normalized spacial score (nSPS) is 12.1. The van der Waals surface area contributed by atoms with E-state index in [1.807, 2.05) is 30.3 Å². The Bertz CT molecular complexity index is 613. The van der Waals surface area contributed by atoms with E-state index in [-0.39, 0.29) is 6.04 Å². The molecule has 0 bridgehead atoms. The first-order valence-corrected chi connectivity index (χ1v) is 7.24. The summed E-state index contributed by atoms with van der Waals surface area (Å²) in [5.41, 5.74) is 8.06. The molecule has 0 aliphatic carbocycles. The summed E-state index contributed by atoms with van der Waals surface area (Å²) in [6, 6.07) is 15.7. The van der Waals surface area contributed by atoms with E-state index in [1.54, 1.807) is 6.07 Å². The molecular formula is C16H17BrN2O. The van der Waals surface area contributed by atoms with Gasteiger partial charge >= 0.3 is 0 Å². The van der Waals surface area contributed by atoms with Crippen LogP contribution in [0, 0.1) is 0 Å². The third-order valence-corrected chi connectivity index (χ3v) is 3.72. The van der Waals surface area contributed by atoms with Gasteiger partial charge in [0, 0.05) is 22.6 Å². The van der Waals surface area contributed by atoms with Crippen LogP contribution in [0.3, 0.4) is 0 Å². The van der Waals surface area contributed by atoms with E-state index < -0.39 is 5.91 Å². The molecule has 104 valence electrons. The highest BCUT2D eigenvalue weighted by molar-refractivity contribution is 9.10. The van der Waals surface area contributed by atoms with Crippen molar-refractivity contribution < 1.29 is 4.79 Å². The number of primary amides is 1. The van der Waals surface area contributed by atoms with E-state index in [4.69, 9.17) is 5.73 Å². The lowest BCUT2D eigenvalue weighted by atomic mass is 10.1. The van der Waals surface area contributed by atoms with Crippen molar-refractivity contribution >= 4 is 21.8 Å². The SMILES string of the molecule is CC(NCc1ccccc1C(N)=O)c1cccc(Br)c1. The lowest BCUT2D eigenvalue weighted by molar-refractivity contribution is 0.0999. The Labute approximate surface area is 127 Å². The number of nitrogens with two attached hydrogens (primary N) is 1. The molecule has 0 aliphatic rings. The van der Waals surface area contributed by atoms with Gasteiger partial charge < -0.3 is 11.1 Å². The second kappa shape index (κ2) is 6.68. The van der Waals surface area contributed by atoms with Crippen LogP contribution in [0.4, 0.5) is 0 Å². The van der Waals surface area contributed by atoms with Crippen LogP contribution in [0.2, 0.25) is 0 Å². The predicted molar refractivity (Wildman–Crippen MR) is 84.4 cm³/mol. The van der Waals surface area contributed by atoms with E-state index >= 15 is 0 Å². The lowest BCUT2D eigenvalue weighted by Gasteiger charge is -2.15. The molecule has 0 aromatic heterocycles. The molecule has 1 amide bonds.